The van der Waals surface area contributed by atoms with Gasteiger partial charge in [0.25, 0.3) is 5.24 Å². The SMILES string of the molecule is CCOC(=O)c1ccc(NC(=O)CCCN2C(=O)S/C(=C/c3ccccc3)C2=S)cc1. The molecular weight excluding hydrogens is 432 g/mol. The molecule has 8 heteroatoms. The number of hydrogen-bond donors (Lipinski definition) is 1. The van der Waals surface area contributed by atoms with Crippen molar-refractivity contribution in [3.8, 4) is 0 Å². The third kappa shape index (κ3) is 6.26. The maximum atomic E-state index is 12.3. The van der Waals surface area contributed by atoms with Crippen LogP contribution in [0.15, 0.2) is 59.5 Å². The summed E-state index contributed by atoms with van der Waals surface area (Å²) < 4.78 is 4.93. The third-order valence-electron chi connectivity index (χ3n) is 4.44. The van der Waals surface area contributed by atoms with Crippen LogP contribution >= 0.6 is 24.0 Å². The van der Waals surface area contributed by atoms with E-state index in [0.717, 1.165) is 22.2 Å². The molecule has 0 unspecified atom stereocenters. The highest BCUT2D eigenvalue weighted by molar-refractivity contribution is 8.19. The van der Waals surface area contributed by atoms with Crippen LogP contribution < -0.4 is 5.32 Å². The summed E-state index contributed by atoms with van der Waals surface area (Å²) in [7, 11) is 0. The summed E-state index contributed by atoms with van der Waals surface area (Å²) in [5, 5.41) is 2.66. The Bertz CT molecular complexity index is 1000. The second-order valence-electron chi connectivity index (χ2n) is 6.69. The fourth-order valence-corrected chi connectivity index (χ4v) is 4.21. The molecule has 6 nitrogen and oxygen atoms in total. The number of thioether (sulfide) groups is 1. The molecule has 0 atom stereocenters. The third-order valence-corrected chi connectivity index (χ3v) is 5.93. The van der Waals surface area contributed by atoms with Crippen LogP contribution in [0.3, 0.4) is 0 Å². The predicted molar refractivity (Wildman–Crippen MR) is 127 cm³/mol. The largest absolute Gasteiger partial charge is 0.462 e. The molecule has 31 heavy (non-hydrogen) atoms. The van der Waals surface area contributed by atoms with Gasteiger partial charge in [0, 0.05) is 18.7 Å². The minimum atomic E-state index is -0.398. The Kier molecular flexibility index (Phi) is 7.97. The molecule has 160 valence electrons. The number of nitrogens with one attached hydrogen (secondary N) is 1. The number of carbonyl (C=O) groups is 3. The number of thiocarbonyl (C=S) groups is 1. The number of benzene rings is 2. The molecule has 3 rings (SSSR count). The van der Waals surface area contributed by atoms with Crippen molar-refractivity contribution in [2.45, 2.75) is 19.8 Å². The highest BCUT2D eigenvalue weighted by Crippen LogP contribution is 2.33. The van der Waals surface area contributed by atoms with Crippen molar-refractivity contribution in [2.75, 3.05) is 18.5 Å². The van der Waals surface area contributed by atoms with Crippen molar-refractivity contribution >= 4 is 57.8 Å². The molecule has 0 aliphatic carbocycles. The van der Waals surface area contributed by atoms with Crippen molar-refractivity contribution in [2.24, 2.45) is 0 Å². The Morgan fingerprint density at radius 2 is 1.84 bits per heavy atom. The van der Waals surface area contributed by atoms with E-state index >= 15 is 0 Å². The fraction of sp³-hybridized carbons (Fsp3) is 0.217. The molecule has 2 amide bonds. The summed E-state index contributed by atoms with van der Waals surface area (Å²) >= 11 is 6.57. The summed E-state index contributed by atoms with van der Waals surface area (Å²) in [6, 6.07) is 16.2. The molecule has 1 saturated heterocycles. The molecule has 1 aliphatic heterocycles. The topological polar surface area (TPSA) is 75.7 Å². The summed E-state index contributed by atoms with van der Waals surface area (Å²) in [4.78, 5) is 39.0. The van der Waals surface area contributed by atoms with Gasteiger partial charge >= 0.3 is 5.97 Å². The Hall–Kier alpha value is -2.97. The number of hydrogen-bond acceptors (Lipinski definition) is 6. The molecule has 1 N–H and O–H groups in total. The fourth-order valence-electron chi connectivity index (χ4n) is 2.92. The van der Waals surface area contributed by atoms with Gasteiger partial charge in [-0.2, -0.15) is 0 Å². The van der Waals surface area contributed by atoms with Crippen molar-refractivity contribution in [3.05, 3.63) is 70.6 Å². The van der Waals surface area contributed by atoms with E-state index in [1.165, 1.54) is 4.90 Å². The maximum absolute atomic E-state index is 12.3. The van der Waals surface area contributed by atoms with Gasteiger partial charge in [-0.3, -0.25) is 14.5 Å². The van der Waals surface area contributed by atoms with Crippen molar-refractivity contribution in [1.29, 1.82) is 0 Å². The Labute approximate surface area is 190 Å². The van der Waals surface area contributed by atoms with E-state index in [9.17, 15) is 14.4 Å². The molecule has 1 aliphatic rings. The number of amides is 2. The van der Waals surface area contributed by atoms with Gasteiger partial charge in [-0.05, 0) is 61.0 Å². The van der Waals surface area contributed by atoms with Crippen molar-refractivity contribution in [1.82, 2.24) is 4.90 Å². The summed E-state index contributed by atoms with van der Waals surface area (Å²) in [5.74, 6) is -0.570. The van der Waals surface area contributed by atoms with Crippen LogP contribution in [0.2, 0.25) is 0 Å². The highest BCUT2D eigenvalue weighted by atomic mass is 32.2. The first-order chi connectivity index (χ1) is 15.0. The van der Waals surface area contributed by atoms with Gasteiger partial charge in [-0.15, -0.1) is 0 Å². The van der Waals surface area contributed by atoms with Gasteiger partial charge in [-0.25, -0.2) is 4.79 Å². The van der Waals surface area contributed by atoms with E-state index in [1.807, 2.05) is 36.4 Å². The first-order valence-corrected chi connectivity index (χ1v) is 11.1. The summed E-state index contributed by atoms with van der Waals surface area (Å²) in [5.41, 5.74) is 2.00. The van der Waals surface area contributed by atoms with E-state index in [-0.39, 0.29) is 17.6 Å². The minimum absolute atomic E-state index is 0.123. The number of esters is 1. The summed E-state index contributed by atoms with van der Waals surface area (Å²) in [6.07, 6.45) is 2.63. The van der Waals surface area contributed by atoms with Crippen LogP contribution in [-0.4, -0.2) is 40.2 Å². The molecular formula is C23H22N2O4S2. The Balaban J connectivity index is 1.48. The normalized spacial score (nSPS) is 14.7. The summed E-state index contributed by atoms with van der Waals surface area (Å²) in [6.45, 7) is 2.43. The first kappa shape index (κ1) is 22.7. The number of rotatable bonds is 8. The smallest absolute Gasteiger partial charge is 0.338 e. The number of anilines is 1. The standard InChI is InChI=1S/C23H22N2O4S2/c1-2-29-22(27)17-10-12-18(13-11-17)24-20(26)9-6-14-25-21(30)19(31-23(25)28)15-16-7-4-3-5-8-16/h3-5,7-8,10-13,15H,2,6,9,14H2,1H3,(H,24,26)/b19-15+. The zero-order valence-corrected chi connectivity index (χ0v) is 18.6. The lowest BCUT2D eigenvalue weighted by Gasteiger charge is -2.14. The number of carbonyl (C=O) groups excluding carboxylic acids is 3. The van der Waals surface area contributed by atoms with Gasteiger partial charge in [-0.1, -0.05) is 42.5 Å². The Morgan fingerprint density at radius 1 is 1.13 bits per heavy atom. The lowest BCUT2D eigenvalue weighted by Crippen LogP contribution is -2.28. The van der Waals surface area contributed by atoms with E-state index in [4.69, 9.17) is 17.0 Å². The van der Waals surface area contributed by atoms with Gasteiger partial charge in [0.2, 0.25) is 5.91 Å². The number of nitrogens with zero attached hydrogens (tertiary/aromatic N) is 1. The van der Waals surface area contributed by atoms with E-state index in [1.54, 1.807) is 31.2 Å². The van der Waals surface area contributed by atoms with Crippen LogP contribution in [0.1, 0.15) is 35.7 Å². The van der Waals surface area contributed by atoms with E-state index in [2.05, 4.69) is 5.32 Å². The van der Waals surface area contributed by atoms with Gasteiger partial charge < -0.3 is 10.1 Å². The lowest BCUT2D eigenvalue weighted by atomic mass is 10.2. The van der Waals surface area contributed by atoms with Gasteiger partial charge in [0.05, 0.1) is 17.1 Å². The van der Waals surface area contributed by atoms with E-state index in [0.29, 0.717) is 35.8 Å². The molecule has 2 aromatic rings. The van der Waals surface area contributed by atoms with Gasteiger partial charge in [0.15, 0.2) is 0 Å². The molecule has 0 radical (unpaired) electrons. The molecule has 1 heterocycles. The monoisotopic (exact) mass is 454 g/mol. The molecule has 0 spiro atoms. The lowest BCUT2D eigenvalue weighted by molar-refractivity contribution is -0.116. The highest BCUT2D eigenvalue weighted by Gasteiger charge is 2.31. The van der Waals surface area contributed by atoms with Crippen LogP contribution in [0.5, 0.6) is 0 Å². The van der Waals surface area contributed by atoms with Gasteiger partial charge in [0.1, 0.15) is 4.99 Å². The number of ether oxygens (including phenoxy) is 1. The van der Waals surface area contributed by atoms with Crippen molar-refractivity contribution < 1.29 is 19.1 Å². The van der Waals surface area contributed by atoms with Crippen LogP contribution in [0, 0.1) is 0 Å². The first-order valence-electron chi connectivity index (χ1n) is 9.85. The molecule has 0 aromatic heterocycles. The average Bonchev–Trinajstić information content (AvgIpc) is 3.02. The van der Waals surface area contributed by atoms with Crippen LogP contribution in [-0.2, 0) is 9.53 Å². The molecule has 1 fully saturated rings. The van der Waals surface area contributed by atoms with Crippen LogP contribution in [0.4, 0.5) is 10.5 Å². The molecule has 0 bridgehead atoms. The quantitative estimate of drug-likeness (QED) is 0.339. The Morgan fingerprint density at radius 3 is 2.52 bits per heavy atom. The maximum Gasteiger partial charge on any atom is 0.338 e. The van der Waals surface area contributed by atoms with E-state index < -0.39 is 5.97 Å². The zero-order chi connectivity index (χ0) is 22.2. The average molecular weight is 455 g/mol. The van der Waals surface area contributed by atoms with Crippen molar-refractivity contribution in [3.63, 3.8) is 0 Å². The second kappa shape index (κ2) is 10.9. The van der Waals surface area contributed by atoms with Crippen LogP contribution in [0.25, 0.3) is 6.08 Å². The minimum Gasteiger partial charge on any atom is -0.462 e. The predicted octanol–water partition coefficient (Wildman–Crippen LogP) is 5.12. The molecule has 0 saturated carbocycles. The zero-order valence-electron chi connectivity index (χ0n) is 17.0. The second-order valence-corrected chi connectivity index (χ2v) is 8.07. The molecule has 2 aromatic carbocycles.